The van der Waals surface area contributed by atoms with Crippen molar-refractivity contribution in [3.05, 3.63) is 126 Å². The third-order valence-corrected chi connectivity index (χ3v) is 5.58. The van der Waals surface area contributed by atoms with Crippen LogP contribution in [0.2, 0.25) is 0 Å². The van der Waals surface area contributed by atoms with Crippen LogP contribution in [0, 0.1) is 0 Å². The van der Waals surface area contributed by atoms with Gasteiger partial charge in [0.05, 0.1) is 12.8 Å². The minimum atomic E-state index is -0.690. The summed E-state index contributed by atoms with van der Waals surface area (Å²) in [6, 6.07) is 31.0. The Morgan fingerprint density at radius 1 is 0.909 bits per heavy atom. The summed E-state index contributed by atoms with van der Waals surface area (Å²) in [7, 11) is 1.88. The minimum Gasteiger partial charge on any atom is -0.463 e. The highest BCUT2D eigenvalue weighted by Crippen LogP contribution is 2.40. The molecule has 0 unspecified atom stereocenters. The number of carbonyl (C=O) groups is 1. The highest BCUT2D eigenvalue weighted by atomic mass is 16.5. The molecule has 5 nitrogen and oxygen atoms in total. The van der Waals surface area contributed by atoms with Crippen LogP contribution in [0.15, 0.2) is 103 Å². The van der Waals surface area contributed by atoms with E-state index in [1.807, 2.05) is 61.6 Å². The predicted octanol–water partition coefficient (Wildman–Crippen LogP) is 5.40. The molecule has 1 N–H and O–H groups in total. The summed E-state index contributed by atoms with van der Waals surface area (Å²) < 4.78 is 6.83. The van der Waals surface area contributed by atoms with Gasteiger partial charge < -0.3 is 10.1 Å². The van der Waals surface area contributed by atoms with Crippen molar-refractivity contribution in [3.63, 3.8) is 0 Å². The van der Waals surface area contributed by atoms with Gasteiger partial charge in [0.25, 0.3) is 0 Å². The molecule has 0 aliphatic rings. The molecule has 166 valence electrons. The van der Waals surface area contributed by atoms with Gasteiger partial charge in [0.2, 0.25) is 0 Å². The van der Waals surface area contributed by atoms with Gasteiger partial charge in [0.15, 0.2) is 0 Å². The fourth-order valence-corrected chi connectivity index (χ4v) is 4.04. The van der Waals surface area contributed by atoms with E-state index in [4.69, 9.17) is 4.74 Å². The Labute approximate surface area is 194 Å². The maximum absolute atomic E-state index is 11.9. The van der Waals surface area contributed by atoms with Crippen LogP contribution in [-0.4, -0.2) is 22.4 Å². The smallest absolute Gasteiger partial charge is 0.330 e. The van der Waals surface area contributed by atoms with Crippen molar-refractivity contribution in [2.24, 2.45) is 7.05 Å². The van der Waals surface area contributed by atoms with Gasteiger partial charge in [0.1, 0.15) is 11.4 Å². The topological polar surface area (TPSA) is 56.1 Å². The largest absolute Gasteiger partial charge is 0.463 e. The Morgan fingerprint density at radius 2 is 1.39 bits per heavy atom. The molecule has 0 fully saturated rings. The lowest BCUT2D eigenvalue weighted by atomic mass is 9.77. The lowest BCUT2D eigenvalue weighted by molar-refractivity contribution is -0.137. The lowest BCUT2D eigenvalue weighted by Crippen LogP contribution is -2.39. The molecule has 0 bridgehead atoms. The normalized spacial score (nSPS) is 11.5. The van der Waals surface area contributed by atoms with E-state index in [0.717, 1.165) is 28.1 Å². The van der Waals surface area contributed by atoms with Gasteiger partial charge in [-0.1, -0.05) is 91.0 Å². The summed E-state index contributed by atoms with van der Waals surface area (Å²) in [6.45, 7) is 2.12. The van der Waals surface area contributed by atoms with Gasteiger partial charge in [-0.25, -0.2) is 4.79 Å². The fraction of sp³-hybridized carbons (Fsp3) is 0.143. The molecule has 0 amide bonds. The van der Waals surface area contributed by atoms with Gasteiger partial charge >= 0.3 is 5.97 Å². The van der Waals surface area contributed by atoms with Crippen LogP contribution >= 0.6 is 0 Å². The molecule has 0 radical (unpaired) electrons. The number of aryl methyl sites for hydroxylation is 1. The Morgan fingerprint density at radius 3 is 1.85 bits per heavy atom. The third-order valence-electron chi connectivity index (χ3n) is 5.58. The number of benzene rings is 3. The van der Waals surface area contributed by atoms with E-state index in [2.05, 4.69) is 46.8 Å². The average molecular weight is 438 g/mol. The van der Waals surface area contributed by atoms with E-state index in [-0.39, 0.29) is 5.97 Å². The first-order valence-electron chi connectivity index (χ1n) is 11.0. The third kappa shape index (κ3) is 4.58. The molecule has 33 heavy (non-hydrogen) atoms. The maximum Gasteiger partial charge on any atom is 0.330 e. The molecule has 1 aromatic heterocycles. The highest BCUT2D eigenvalue weighted by molar-refractivity contribution is 5.88. The first-order chi connectivity index (χ1) is 16.1. The molecule has 0 aliphatic heterocycles. The maximum atomic E-state index is 11.9. The number of rotatable bonds is 8. The van der Waals surface area contributed by atoms with E-state index in [1.54, 1.807) is 23.9 Å². The monoisotopic (exact) mass is 437 g/mol. The van der Waals surface area contributed by atoms with E-state index in [9.17, 15) is 4.79 Å². The molecule has 5 heteroatoms. The van der Waals surface area contributed by atoms with Crippen molar-refractivity contribution in [3.8, 4) is 0 Å². The van der Waals surface area contributed by atoms with Gasteiger partial charge in [-0.2, -0.15) is 5.10 Å². The molecule has 0 saturated heterocycles. The van der Waals surface area contributed by atoms with E-state index in [1.165, 1.54) is 6.08 Å². The van der Waals surface area contributed by atoms with Crippen molar-refractivity contribution in [2.45, 2.75) is 12.5 Å². The zero-order chi connectivity index (χ0) is 23.1. The minimum absolute atomic E-state index is 0.334. The molecular formula is C28H27N3O2. The van der Waals surface area contributed by atoms with Crippen molar-refractivity contribution < 1.29 is 9.53 Å². The number of esters is 1. The summed E-state index contributed by atoms with van der Waals surface area (Å²) in [4.78, 5) is 11.9. The second-order valence-electron chi connectivity index (χ2n) is 7.63. The predicted molar refractivity (Wildman–Crippen MR) is 132 cm³/mol. The number of aromatic nitrogens is 2. The van der Waals surface area contributed by atoms with Crippen molar-refractivity contribution >= 4 is 17.9 Å². The van der Waals surface area contributed by atoms with Gasteiger partial charge in [-0.3, -0.25) is 4.68 Å². The SMILES string of the molecule is CCOC(=O)C=Cc1cnn(C)c1NC(c1ccccc1)(c1ccccc1)c1ccccc1. The van der Waals surface area contributed by atoms with E-state index in [0.29, 0.717) is 6.61 Å². The number of carbonyl (C=O) groups excluding carboxylic acids is 1. The first-order valence-corrected chi connectivity index (χ1v) is 11.0. The molecule has 4 rings (SSSR count). The van der Waals surface area contributed by atoms with Crippen LogP contribution in [0.3, 0.4) is 0 Å². The molecule has 4 aromatic rings. The molecular weight excluding hydrogens is 410 g/mol. The summed E-state index contributed by atoms with van der Waals surface area (Å²) in [6.07, 6.45) is 4.91. The lowest BCUT2D eigenvalue weighted by Gasteiger charge is -2.38. The van der Waals surface area contributed by atoms with E-state index < -0.39 is 5.54 Å². The van der Waals surface area contributed by atoms with E-state index >= 15 is 0 Å². The summed E-state index contributed by atoms with van der Waals surface area (Å²) in [5.41, 5.74) is 3.36. The number of ether oxygens (including phenoxy) is 1. The van der Waals surface area contributed by atoms with Gasteiger partial charge in [0, 0.05) is 18.7 Å². The molecule has 3 aromatic carbocycles. The quantitative estimate of drug-likeness (QED) is 0.228. The average Bonchev–Trinajstić information content (AvgIpc) is 3.21. The van der Waals surface area contributed by atoms with Crippen LogP contribution in [0.1, 0.15) is 29.2 Å². The van der Waals surface area contributed by atoms with Crippen LogP contribution in [0.5, 0.6) is 0 Å². The van der Waals surface area contributed by atoms with Crippen LogP contribution < -0.4 is 5.32 Å². The highest BCUT2D eigenvalue weighted by Gasteiger charge is 2.37. The zero-order valence-corrected chi connectivity index (χ0v) is 18.8. The standard InChI is InChI=1S/C28H27N3O2/c1-3-33-26(32)20-19-22-21-29-31(2)27(22)30-28(23-13-7-4-8-14-23,24-15-9-5-10-16-24)25-17-11-6-12-18-25/h4-21,30H,3H2,1-2H3. The second-order valence-corrected chi connectivity index (χ2v) is 7.63. The summed E-state index contributed by atoms with van der Waals surface area (Å²) >= 11 is 0. The summed E-state index contributed by atoms with van der Waals surface area (Å²) in [5, 5.41) is 8.27. The Hall–Kier alpha value is -4.12. The molecule has 0 spiro atoms. The van der Waals surface area contributed by atoms with Crippen molar-refractivity contribution in [2.75, 3.05) is 11.9 Å². The van der Waals surface area contributed by atoms with Crippen LogP contribution in [0.25, 0.3) is 6.08 Å². The summed E-state index contributed by atoms with van der Waals surface area (Å²) in [5.74, 6) is 0.403. The van der Waals surface area contributed by atoms with Crippen molar-refractivity contribution in [1.29, 1.82) is 0 Å². The number of hydrogen-bond acceptors (Lipinski definition) is 4. The number of nitrogens with zero attached hydrogens (tertiary/aromatic N) is 2. The zero-order valence-electron chi connectivity index (χ0n) is 18.8. The van der Waals surface area contributed by atoms with Crippen LogP contribution in [-0.2, 0) is 22.1 Å². The molecule has 1 heterocycles. The Bertz CT molecular complexity index is 1120. The number of anilines is 1. The molecule has 0 atom stereocenters. The van der Waals surface area contributed by atoms with Gasteiger partial charge in [-0.15, -0.1) is 0 Å². The number of hydrogen-bond donors (Lipinski definition) is 1. The second kappa shape index (κ2) is 10.0. The Kier molecular flexibility index (Phi) is 6.69. The Balaban J connectivity index is 1.91. The van der Waals surface area contributed by atoms with Crippen molar-refractivity contribution in [1.82, 2.24) is 9.78 Å². The first kappa shape index (κ1) is 22.1. The molecule has 0 aliphatic carbocycles. The van der Waals surface area contributed by atoms with Gasteiger partial charge in [-0.05, 0) is 29.7 Å². The van der Waals surface area contributed by atoms with Crippen LogP contribution in [0.4, 0.5) is 5.82 Å². The molecule has 0 saturated carbocycles. The number of nitrogens with one attached hydrogen (secondary N) is 1. The fourth-order valence-electron chi connectivity index (χ4n) is 4.04.